The molecule has 10 heteroatoms. The van der Waals surface area contributed by atoms with E-state index in [0.717, 1.165) is 0 Å². The summed E-state index contributed by atoms with van der Waals surface area (Å²) in [6.45, 7) is 16.5. The Morgan fingerprint density at radius 2 is 1.59 bits per heavy atom. The summed E-state index contributed by atoms with van der Waals surface area (Å²) in [6, 6.07) is 4.30. The standard InChI is InChI=1S/C29H47NO8S/c1-19-14-15-22(23(17-19)39(34,35)36)30-24(31)18-21(26(33)27(3,4)5)13-11-12-16-38-29(8,9)28(6,7)25(32)20(2)37-10/h14-15,17,20-21H,11-13,16,18H2,1-10H3,(H,30,31)(H,34,35,36). The van der Waals surface area contributed by atoms with Gasteiger partial charge in [0, 0.05) is 31.5 Å². The molecule has 9 nitrogen and oxygen atoms in total. The summed E-state index contributed by atoms with van der Waals surface area (Å²) >= 11 is 0. The number of hydrogen-bond donors (Lipinski definition) is 2. The monoisotopic (exact) mass is 569 g/mol. The maximum atomic E-state index is 13.1. The largest absolute Gasteiger partial charge is 0.375 e. The second kappa shape index (κ2) is 13.5. The van der Waals surface area contributed by atoms with Crippen LogP contribution >= 0.6 is 0 Å². The number of carbonyl (C=O) groups excluding carboxylic acids is 3. The first kappa shape index (κ1) is 34.9. The molecule has 2 N–H and O–H groups in total. The van der Waals surface area contributed by atoms with Crippen LogP contribution in [-0.4, -0.2) is 55.9 Å². The number of hydrogen-bond acceptors (Lipinski definition) is 7. The van der Waals surface area contributed by atoms with Gasteiger partial charge in [0.25, 0.3) is 10.1 Å². The molecule has 0 spiro atoms. The van der Waals surface area contributed by atoms with Gasteiger partial charge in [0.05, 0.1) is 16.7 Å². The number of benzene rings is 1. The summed E-state index contributed by atoms with van der Waals surface area (Å²) in [5, 5.41) is 2.55. The van der Waals surface area contributed by atoms with Crippen molar-refractivity contribution in [1.82, 2.24) is 0 Å². The van der Waals surface area contributed by atoms with E-state index in [9.17, 15) is 27.4 Å². The van der Waals surface area contributed by atoms with E-state index >= 15 is 0 Å². The molecule has 0 aliphatic heterocycles. The fourth-order valence-corrected chi connectivity index (χ4v) is 4.95. The van der Waals surface area contributed by atoms with Gasteiger partial charge in [0.2, 0.25) is 5.91 Å². The van der Waals surface area contributed by atoms with E-state index in [1.54, 1.807) is 40.7 Å². The van der Waals surface area contributed by atoms with Crippen molar-refractivity contribution in [2.24, 2.45) is 16.7 Å². The second-order valence-electron chi connectivity index (χ2n) is 12.3. The Morgan fingerprint density at radius 1 is 1.00 bits per heavy atom. The van der Waals surface area contributed by atoms with Gasteiger partial charge in [-0.2, -0.15) is 8.42 Å². The van der Waals surface area contributed by atoms with Crippen molar-refractivity contribution in [1.29, 1.82) is 0 Å². The highest BCUT2D eigenvalue weighted by atomic mass is 32.2. The second-order valence-corrected chi connectivity index (χ2v) is 13.6. The highest BCUT2D eigenvalue weighted by Crippen LogP contribution is 2.36. The van der Waals surface area contributed by atoms with Crippen molar-refractivity contribution in [3.8, 4) is 0 Å². The van der Waals surface area contributed by atoms with Crippen molar-refractivity contribution in [3.05, 3.63) is 23.8 Å². The van der Waals surface area contributed by atoms with Crippen molar-refractivity contribution < 1.29 is 36.8 Å². The Labute approximate surface area is 234 Å². The molecule has 0 heterocycles. The fourth-order valence-electron chi connectivity index (χ4n) is 4.22. The highest BCUT2D eigenvalue weighted by molar-refractivity contribution is 7.86. The third-order valence-corrected chi connectivity index (χ3v) is 8.38. The Bertz CT molecular complexity index is 1130. The lowest BCUT2D eigenvalue weighted by Crippen LogP contribution is -2.50. The summed E-state index contributed by atoms with van der Waals surface area (Å²) in [5.74, 6) is -1.23. The zero-order valence-corrected chi connectivity index (χ0v) is 26.0. The van der Waals surface area contributed by atoms with Gasteiger partial charge in [-0.1, -0.05) is 47.1 Å². The maximum Gasteiger partial charge on any atom is 0.296 e. The number of carbonyl (C=O) groups is 3. The number of methoxy groups -OCH3 is 1. The van der Waals surface area contributed by atoms with Gasteiger partial charge in [-0.25, -0.2) is 0 Å². The number of nitrogens with one attached hydrogen (secondary N) is 1. The summed E-state index contributed by atoms with van der Waals surface area (Å²) in [4.78, 5) is 38.4. The number of amides is 1. The zero-order valence-electron chi connectivity index (χ0n) is 25.1. The number of Topliss-reactive ketones (excluding diaryl/α,β-unsaturated/α-hetero) is 2. The average Bonchev–Trinajstić information content (AvgIpc) is 2.81. The molecule has 0 aliphatic carbocycles. The quantitative estimate of drug-likeness (QED) is 0.212. The van der Waals surface area contributed by atoms with Crippen LogP contribution in [0, 0.1) is 23.7 Å². The molecule has 0 aliphatic rings. The first-order valence-corrected chi connectivity index (χ1v) is 14.7. The van der Waals surface area contributed by atoms with E-state index in [-0.39, 0.29) is 23.7 Å². The lowest BCUT2D eigenvalue weighted by atomic mass is 9.72. The predicted molar refractivity (Wildman–Crippen MR) is 151 cm³/mol. The predicted octanol–water partition coefficient (Wildman–Crippen LogP) is 5.40. The third kappa shape index (κ3) is 9.77. The van der Waals surface area contributed by atoms with Crippen molar-refractivity contribution >= 4 is 33.3 Å². The zero-order chi connectivity index (χ0) is 30.4. The average molecular weight is 570 g/mol. The summed E-state index contributed by atoms with van der Waals surface area (Å²) in [6.07, 6.45) is 0.993. The molecule has 2 unspecified atom stereocenters. The molecule has 0 radical (unpaired) electrons. The van der Waals surface area contributed by atoms with Crippen LogP contribution in [0.1, 0.15) is 86.6 Å². The molecule has 0 aromatic heterocycles. The van der Waals surface area contributed by atoms with Crippen LogP contribution in [0.25, 0.3) is 0 Å². The minimum Gasteiger partial charge on any atom is -0.375 e. The van der Waals surface area contributed by atoms with Gasteiger partial charge in [-0.15, -0.1) is 0 Å². The van der Waals surface area contributed by atoms with Gasteiger partial charge in [0.15, 0.2) is 5.78 Å². The van der Waals surface area contributed by atoms with Crippen molar-refractivity contribution in [2.45, 2.75) is 105 Å². The van der Waals surface area contributed by atoms with E-state index in [4.69, 9.17) is 9.47 Å². The third-order valence-electron chi connectivity index (χ3n) is 7.48. The first-order chi connectivity index (χ1) is 17.6. The van der Waals surface area contributed by atoms with E-state index < -0.39 is 49.4 Å². The molecule has 39 heavy (non-hydrogen) atoms. The van der Waals surface area contributed by atoms with Crippen LogP contribution in [0.15, 0.2) is 23.1 Å². The molecule has 0 saturated carbocycles. The lowest BCUT2D eigenvalue weighted by Gasteiger charge is -2.41. The van der Waals surface area contributed by atoms with E-state index in [0.29, 0.717) is 31.4 Å². The Balaban J connectivity index is 2.88. The van der Waals surface area contributed by atoms with Crippen molar-refractivity contribution in [2.75, 3.05) is 19.0 Å². The molecule has 2 atom stereocenters. The topological polar surface area (TPSA) is 136 Å². The number of aryl methyl sites for hydroxylation is 1. The van der Waals surface area contributed by atoms with Gasteiger partial charge in [-0.3, -0.25) is 18.9 Å². The Hall–Kier alpha value is -2.14. The fraction of sp³-hybridized carbons (Fsp3) is 0.690. The van der Waals surface area contributed by atoms with Crippen LogP contribution in [-0.2, 0) is 34.0 Å². The Kier molecular flexibility index (Phi) is 12.1. The van der Waals surface area contributed by atoms with Crippen molar-refractivity contribution in [3.63, 3.8) is 0 Å². The molecule has 0 bridgehead atoms. The number of anilines is 1. The van der Waals surface area contributed by atoms with Gasteiger partial charge < -0.3 is 14.8 Å². The van der Waals surface area contributed by atoms with Gasteiger partial charge in [0.1, 0.15) is 16.8 Å². The lowest BCUT2D eigenvalue weighted by molar-refractivity contribution is -0.157. The van der Waals surface area contributed by atoms with Crippen LogP contribution in [0.4, 0.5) is 5.69 Å². The minimum absolute atomic E-state index is 0.0364. The molecule has 222 valence electrons. The summed E-state index contributed by atoms with van der Waals surface area (Å²) in [5.41, 5.74) is -1.65. The van der Waals surface area contributed by atoms with E-state index in [2.05, 4.69) is 5.32 Å². The van der Waals surface area contributed by atoms with Crippen LogP contribution < -0.4 is 5.32 Å². The number of unbranched alkanes of at least 4 members (excludes halogenated alkanes) is 1. The molecular formula is C29H47NO8S. The Morgan fingerprint density at radius 3 is 2.10 bits per heavy atom. The minimum atomic E-state index is -4.55. The molecule has 0 saturated heterocycles. The van der Waals surface area contributed by atoms with Gasteiger partial charge in [-0.05, 0) is 58.2 Å². The normalized spacial score (nSPS) is 14.5. The highest BCUT2D eigenvalue weighted by Gasteiger charge is 2.45. The first-order valence-electron chi connectivity index (χ1n) is 13.3. The molecule has 1 rings (SSSR count). The molecular weight excluding hydrogens is 522 g/mol. The molecule has 1 amide bonds. The molecule has 0 fully saturated rings. The molecule has 1 aromatic rings. The smallest absolute Gasteiger partial charge is 0.296 e. The van der Waals surface area contributed by atoms with Crippen LogP contribution in [0.3, 0.4) is 0 Å². The molecule has 1 aromatic carbocycles. The number of ether oxygens (including phenoxy) is 2. The van der Waals surface area contributed by atoms with E-state index in [1.165, 1.54) is 19.2 Å². The maximum absolute atomic E-state index is 13.1. The summed E-state index contributed by atoms with van der Waals surface area (Å²) in [7, 11) is -3.05. The number of ketones is 2. The van der Waals surface area contributed by atoms with Crippen LogP contribution in [0.5, 0.6) is 0 Å². The van der Waals surface area contributed by atoms with Gasteiger partial charge >= 0.3 is 0 Å². The summed E-state index contributed by atoms with van der Waals surface area (Å²) < 4.78 is 44.4. The van der Waals surface area contributed by atoms with E-state index in [1.807, 2.05) is 27.7 Å². The number of rotatable bonds is 15. The van der Waals surface area contributed by atoms with Crippen LogP contribution in [0.2, 0.25) is 0 Å². The SMILES string of the molecule is COC(C)C(=O)C(C)(C)C(C)(C)OCCCCC(CC(=O)Nc1ccc(C)cc1S(=O)(=O)O)C(=O)C(C)(C)C.